The number of carbonyl (C=O) groups excluding carboxylic acids is 1. The molecule has 1 amide bonds. The van der Waals surface area contributed by atoms with Crippen molar-refractivity contribution in [2.45, 2.75) is 12.8 Å². The summed E-state index contributed by atoms with van der Waals surface area (Å²) in [5, 5.41) is 2.94. The summed E-state index contributed by atoms with van der Waals surface area (Å²) in [4.78, 5) is 16.4. The van der Waals surface area contributed by atoms with Gasteiger partial charge in [0.15, 0.2) is 12.2 Å². The Morgan fingerprint density at radius 3 is 3.00 bits per heavy atom. The van der Waals surface area contributed by atoms with Gasteiger partial charge in [-0.25, -0.2) is 4.98 Å². The van der Waals surface area contributed by atoms with E-state index in [9.17, 15) is 4.79 Å². The summed E-state index contributed by atoms with van der Waals surface area (Å²) in [6.07, 6.45) is 4.24. The first-order valence-electron chi connectivity index (χ1n) is 8.80. The number of methoxy groups -OCH3 is 1. The fourth-order valence-corrected chi connectivity index (χ4v) is 3.32. The Hall–Kier alpha value is -3.28. The molecular weight excluding hydrogens is 344 g/mol. The molecule has 2 heterocycles. The Morgan fingerprint density at radius 1 is 1.30 bits per heavy atom. The van der Waals surface area contributed by atoms with Crippen LogP contribution < -0.4 is 14.8 Å². The Morgan fingerprint density at radius 2 is 2.19 bits per heavy atom. The van der Waals surface area contributed by atoms with Gasteiger partial charge in [0.2, 0.25) is 5.91 Å². The number of benzene rings is 2. The van der Waals surface area contributed by atoms with Crippen molar-refractivity contribution in [2.75, 3.05) is 19.0 Å². The molecule has 2 aromatic carbocycles. The minimum atomic E-state index is -0.0440. The molecule has 1 aromatic heterocycles. The number of para-hydroxylation sites is 1. The van der Waals surface area contributed by atoms with Crippen molar-refractivity contribution in [3.05, 3.63) is 60.6 Å². The fourth-order valence-electron chi connectivity index (χ4n) is 3.32. The van der Waals surface area contributed by atoms with E-state index in [-0.39, 0.29) is 11.8 Å². The quantitative estimate of drug-likeness (QED) is 0.742. The lowest BCUT2D eigenvalue weighted by Gasteiger charge is -2.24. The zero-order valence-corrected chi connectivity index (χ0v) is 15.0. The highest BCUT2D eigenvalue weighted by Gasteiger charge is 2.22. The van der Waals surface area contributed by atoms with E-state index in [2.05, 4.69) is 10.3 Å². The number of aromatic nitrogens is 1. The van der Waals surface area contributed by atoms with Crippen molar-refractivity contribution in [3.63, 3.8) is 0 Å². The van der Waals surface area contributed by atoms with E-state index < -0.39 is 0 Å². The molecule has 138 valence electrons. The highest BCUT2D eigenvalue weighted by molar-refractivity contribution is 5.91. The topological polar surface area (TPSA) is 73.6 Å². The first-order valence-corrected chi connectivity index (χ1v) is 8.80. The van der Waals surface area contributed by atoms with Crippen molar-refractivity contribution in [1.82, 2.24) is 4.98 Å². The zero-order valence-electron chi connectivity index (χ0n) is 15.0. The minimum Gasteiger partial charge on any atom is -0.496 e. The van der Waals surface area contributed by atoms with E-state index >= 15 is 0 Å². The summed E-state index contributed by atoms with van der Waals surface area (Å²) in [6, 6.07) is 13.4. The Bertz CT molecular complexity index is 937. The first-order chi connectivity index (χ1) is 13.2. The SMILES string of the molecule is COc1cc(NC(=O)CC2COc3ccccc3C2)ccc1-c1cnco1. The van der Waals surface area contributed by atoms with Crippen molar-refractivity contribution in [3.8, 4) is 22.8 Å². The number of nitrogens with one attached hydrogen (secondary N) is 1. The highest BCUT2D eigenvalue weighted by atomic mass is 16.5. The van der Waals surface area contributed by atoms with Gasteiger partial charge in [-0.3, -0.25) is 4.79 Å². The van der Waals surface area contributed by atoms with E-state index in [0.717, 1.165) is 23.3 Å². The number of hydrogen-bond donors (Lipinski definition) is 1. The number of hydrogen-bond acceptors (Lipinski definition) is 5. The third-order valence-electron chi connectivity index (χ3n) is 4.61. The van der Waals surface area contributed by atoms with Crippen molar-refractivity contribution >= 4 is 11.6 Å². The second-order valence-electron chi connectivity index (χ2n) is 6.52. The van der Waals surface area contributed by atoms with Gasteiger partial charge in [-0.1, -0.05) is 18.2 Å². The molecule has 0 fully saturated rings. The number of fused-ring (bicyclic) bond motifs is 1. The van der Waals surface area contributed by atoms with Gasteiger partial charge in [-0.15, -0.1) is 0 Å². The van der Waals surface area contributed by atoms with Crippen LogP contribution in [0.4, 0.5) is 5.69 Å². The lowest BCUT2D eigenvalue weighted by Crippen LogP contribution is -2.26. The van der Waals surface area contributed by atoms with E-state index in [1.165, 1.54) is 6.39 Å². The van der Waals surface area contributed by atoms with Crippen molar-refractivity contribution in [2.24, 2.45) is 5.92 Å². The van der Waals surface area contributed by atoms with Crippen LogP contribution in [-0.2, 0) is 11.2 Å². The number of nitrogens with zero attached hydrogens (tertiary/aromatic N) is 1. The number of anilines is 1. The minimum absolute atomic E-state index is 0.0440. The molecule has 1 aliphatic heterocycles. The Balaban J connectivity index is 1.41. The zero-order chi connectivity index (χ0) is 18.6. The second-order valence-corrected chi connectivity index (χ2v) is 6.52. The smallest absolute Gasteiger partial charge is 0.224 e. The summed E-state index contributed by atoms with van der Waals surface area (Å²) < 4.78 is 16.5. The molecule has 0 saturated carbocycles. The van der Waals surface area contributed by atoms with Crippen LogP contribution in [0, 0.1) is 5.92 Å². The first kappa shape index (κ1) is 17.1. The van der Waals surface area contributed by atoms with Crippen LogP contribution in [0.1, 0.15) is 12.0 Å². The van der Waals surface area contributed by atoms with Crippen LogP contribution in [-0.4, -0.2) is 24.6 Å². The Labute approximate surface area is 157 Å². The van der Waals surface area contributed by atoms with E-state index in [0.29, 0.717) is 30.2 Å². The molecule has 4 rings (SSSR count). The molecule has 3 aromatic rings. The largest absolute Gasteiger partial charge is 0.496 e. The predicted octanol–water partition coefficient (Wildman–Crippen LogP) is 3.93. The standard InChI is InChI=1S/C21H20N2O4/c1-25-19-10-16(6-7-17(19)20-11-22-13-27-20)23-21(24)9-14-8-15-4-2-3-5-18(15)26-12-14/h2-7,10-11,13-14H,8-9,12H2,1H3,(H,23,24). The molecule has 6 nitrogen and oxygen atoms in total. The van der Waals surface area contributed by atoms with Crippen LogP contribution in [0.25, 0.3) is 11.3 Å². The van der Waals surface area contributed by atoms with Gasteiger partial charge < -0.3 is 19.2 Å². The molecule has 1 aliphatic rings. The highest BCUT2D eigenvalue weighted by Crippen LogP contribution is 2.33. The van der Waals surface area contributed by atoms with Crippen molar-refractivity contribution < 1.29 is 18.7 Å². The van der Waals surface area contributed by atoms with Gasteiger partial charge in [0.1, 0.15) is 11.5 Å². The van der Waals surface area contributed by atoms with Gasteiger partial charge in [0.25, 0.3) is 0 Å². The molecule has 0 radical (unpaired) electrons. The maximum Gasteiger partial charge on any atom is 0.224 e. The average Bonchev–Trinajstić information content (AvgIpc) is 3.22. The third kappa shape index (κ3) is 3.79. The normalized spacial score (nSPS) is 15.5. The van der Waals surface area contributed by atoms with Crippen LogP contribution in [0.3, 0.4) is 0 Å². The number of rotatable bonds is 5. The monoisotopic (exact) mass is 364 g/mol. The molecule has 1 N–H and O–H groups in total. The summed E-state index contributed by atoms with van der Waals surface area (Å²) in [5.41, 5.74) is 2.61. The molecule has 0 aliphatic carbocycles. The van der Waals surface area contributed by atoms with Gasteiger partial charge in [0.05, 0.1) is 25.5 Å². The number of carbonyl (C=O) groups is 1. The second kappa shape index (κ2) is 7.53. The van der Waals surface area contributed by atoms with E-state index in [4.69, 9.17) is 13.9 Å². The number of amides is 1. The van der Waals surface area contributed by atoms with Crippen LogP contribution in [0.5, 0.6) is 11.5 Å². The summed E-state index contributed by atoms with van der Waals surface area (Å²) in [5.74, 6) is 2.26. The molecule has 1 atom stereocenters. The molecule has 1 unspecified atom stereocenters. The maximum absolute atomic E-state index is 12.5. The van der Waals surface area contributed by atoms with Crippen molar-refractivity contribution in [1.29, 1.82) is 0 Å². The molecule has 0 saturated heterocycles. The van der Waals surface area contributed by atoms with Gasteiger partial charge >= 0.3 is 0 Å². The van der Waals surface area contributed by atoms with E-state index in [1.807, 2.05) is 36.4 Å². The van der Waals surface area contributed by atoms with E-state index in [1.54, 1.807) is 19.4 Å². The lowest BCUT2D eigenvalue weighted by atomic mass is 9.94. The van der Waals surface area contributed by atoms with Crippen LogP contribution in [0.15, 0.2) is 59.5 Å². The lowest BCUT2D eigenvalue weighted by molar-refractivity contribution is -0.117. The summed E-state index contributed by atoms with van der Waals surface area (Å²) in [6.45, 7) is 0.554. The fraction of sp³-hybridized carbons (Fsp3) is 0.238. The van der Waals surface area contributed by atoms with Gasteiger partial charge in [0, 0.05) is 24.1 Å². The third-order valence-corrected chi connectivity index (χ3v) is 4.61. The molecular formula is C21H20N2O4. The predicted molar refractivity (Wildman–Crippen MR) is 101 cm³/mol. The average molecular weight is 364 g/mol. The van der Waals surface area contributed by atoms with Gasteiger partial charge in [-0.05, 0) is 30.2 Å². The van der Waals surface area contributed by atoms with Crippen LogP contribution >= 0.6 is 0 Å². The molecule has 6 heteroatoms. The number of ether oxygens (including phenoxy) is 2. The molecule has 27 heavy (non-hydrogen) atoms. The Kier molecular flexibility index (Phi) is 4.78. The molecule has 0 bridgehead atoms. The van der Waals surface area contributed by atoms with Gasteiger partial charge in [-0.2, -0.15) is 0 Å². The summed E-state index contributed by atoms with van der Waals surface area (Å²) >= 11 is 0. The van der Waals surface area contributed by atoms with Crippen LogP contribution in [0.2, 0.25) is 0 Å². The maximum atomic E-state index is 12.5. The summed E-state index contributed by atoms with van der Waals surface area (Å²) in [7, 11) is 1.58. The molecule has 0 spiro atoms. The number of oxazole rings is 1.